The molecule has 1 heterocycles. The number of carbonyl (C=O) groups excluding carboxylic acids is 1. The van der Waals surface area contributed by atoms with E-state index in [2.05, 4.69) is 10.3 Å². The average Bonchev–Trinajstić information content (AvgIpc) is 2.96. The zero-order chi connectivity index (χ0) is 17.1. The number of nitrogens with two attached hydrogens (primary N) is 1. The van der Waals surface area contributed by atoms with E-state index in [9.17, 15) is 4.79 Å². The number of hydrogen-bond acceptors (Lipinski definition) is 6. The molecule has 3 N–H and O–H groups in total. The number of carbonyl (C=O) groups is 1. The lowest BCUT2D eigenvalue weighted by Crippen LogP contribution is -2.02. The minimum atomic E-state index is -0.176. The molecular weight excluding hydrogens is 346 g/mol. The number of aromatic nitrogens is 1. The third-order valence-electron chi connectivity index (χ3n) is 3.31. The molecule has 0 aliphatic rings. The van der Waals surface area contributed by atoms with E-state index < -0.39 is 0 Å². The topological polar surface area (TPSA) is 77.2 Å². The van der Waals surface area contributed by atoms with Gasteiger partial charge < -0.3 is 15.8 Å². The molecule has 0 aliphatic heterocycles. The third kappa shape index (κ3) is 3.50. The molecule has 122 valence electrons. The number of anilines is 3. The van der Waals surface area contributed by atoms with Crippen molar-refractivity contribution in [2.75, 3.05) is 18.2 Å². The number of benzene rings is 2. The number of rotatable bonds is 5. The first-order chi connectivity index (χ1) is 11.6. The first-order valence-electron chi connectivity index (χ1n) is 7.04. The molecule has 2 aromatic carbocycles. The number of nitrogen functional groups attached to an aromatic ring is 1. The normalized spacial score (nSPS) is 10.4. The molecule has 0 saturated carbocycles. The summed E-state index contributed by atoms with van der Waals surface area (Å²) in [5.41, 5.74) is 7.25. The molecule has 1 aromatic heterocycles. The van der Waals surface area contributed by atoms with Gasteiger partial charge >= 0.3 is 0 Å². The summed E-state index contributed by atoms with van der Waals surface area (Å²) in [5.74, 6) is 0.790. The summed E-state index contributed by atoms with van der Waals surface area (Å²) in [6, 6.07) is 14.1. The maximum atomic E-state index is 12.5. The quantitative estimate of drug-likeness (QED) is 0.662. The summed E-state index contributed by atoms with van der Waals surface area (Å²) < 4.78 is 5.12. The maximum absolute atomic E-state index is 12.5. The van der Waals surface area contributed by atoms with Crippen molar-refractivity contribution in [2.24, 2.45) is 0 Å². The van der Waals surface area contributed by atoms with Crippen molar-refractivity contribution < 1.29 is 9.53 Å². The molecule has 0 bridgehead atoms. The van der Waals surface area contributed by atoms with Crippen LogP contribution in [0.4, 0.5) is 16.6 Å². The number of ether oxygens (including phenoxy) is 1. The highest BCUT2D eigenvalue weighted by atomic mass is 35.5. The number of nitrogens with one attached hydrogen (secondary N) is 1. The SMILES string of the molecule is COc1ccc(Nc2nc(N)c(C(=O)c3ccc(Cl)cc3)s2)cc1. The van der Waals surface area contributed by atoms with Crippen LogP contribution in [0.5, 0.6) is 5.75 Å². The fraction of sp³-hybridized carbons (Fsp3) is 0.0588. The van der Waals surface area contributed by atoms with Gasteiger partial charge in [-0.25, -0.2) is 4.98 Å². The van der Waals surface area contributed by atoms with Crippen molar-refractivity contribution >= 4 is 45.4 Å². The fourth-order valence-corrected chi connectivity index (χ4v) is 3.07. The minimum absolute atomic E-state index is 0.176. The van der Waals surface area contributed by atoms with E-state index >= 15 is 0 Å². The monoisotopic (exact) mass is 359 g/mol. The molecule has 0 amide bonds. The van der Waals surface area contributed by atoms with Crippen LogP contribution in [-0.2, 0) is 0 Å². The van der Waals surface area contributed by atoms with Crippen molar-refractivity contribution in [3.63, 3.8) is 0 Å². The number of hydrogen-bond donors (Lipinski definition) is 2. The van der Waals surface area contributed by atoms with Crippen LogP contribution in [0.3, 0.4) is 0 Å². The first kappa shape index (κ1) is 16.3. The van der Waals surface area contributed by atoms with Gasteiger partial charge in [0.1, 0.15) is 16.4 Å². The number of methoxy groups -OCH3 is 1. The number of ketones is 1. The summed E-state index contributed by atoms with van der Waals surface area (Å²) in [5, 5.41) is 4.26. The van der Waals surface area contributed by atoms with Gasteiger partial charge in [-0.3, -0.25) is 4.79 Å². The second kappa shape index (κ2) is 6.90. The van der Waals surface area contributed by atoms with Crippen molar-refractivity contribution in [3.05, 3.63) is 64.0 Å². The van der Waals surface area contributed by atoms with Crippen LogP contribution in [0.2, 0.25) is 5.02 Å². The van der Waals surface area contributed by atoms with E-state index in [-0.39, 0.29) is 11.6 Å². The Bertz CT molecular complexity index is 861. The zero-order valence-electron chi connectivity index (χ0n) is 12.7. The molecule has 7 heteroatoms. The first-order valence-corrected chi connectivity index (χ1v) is 8.24. The fourth-order valence-electron chi connectivity index (χ4n) is 2.08. The molecule has 0 spiro atoms. The van der Waals surface area contributed by atoms with Crippen LogP contribution < -0.4 is 15.8 Å². The van der Waals surface area contributed by atoms with Crippen LogP contribution in [0.1, 0.15) is 15.2 Å². The summed E-state index contributed by atoms with van der Waals surface area (Å²) in [7, 11) is 1.61. The van der Waals surface area contributed by atoms with Crippen LogP contribution in [0.25, 0.3) is 0 Å². The van der Waals surface area contributed by atoms with E-state index in [0.717, 1.165) is 11.4 Å². The predicted octanol–water partition coefficient (Wildman–Crippen LogP) is 4.36. The summed E-state index contributed by atoms with van der Waals surface area (Å²) in [6.07, 6.45) is 0. The zero-order valence-corrected chi connectivity index (χ0v) is 14.3. The van der Waals surface area contributed by atoms with Crippen LogP contribution in [0.15, 0.2) is 48.5 Å². The van der Waals surface area contributed by atoms with E-state index in [4.69, 9.17) is 22.1 Å². The van der Waals surface area contributed by atoms with Crippen LogP contribution in [0, 0.1) is 0 Å². The van der Waals surface area contributed by atoms with Gasteiger partial charge in [0.25, 0.3) is 0 Å². The summed E-state index contributed by atoms with van der Waals surface area (Å²) in [4.78, 5) is 17.1. The van der Waals surface area contributed by atoms with Crippen molar-refractivity contribution in [1.29, 1.82) is 0 Å². The van der Waals surface area contributed by atoms with Crippen molar-refractivity contribution in [2.45, 2.75) is 0 Å². The van der Waals surface area contributed by atoms with Gasteiger partial charge in [0.05, 0.1) is 7.11 Å². The Labute approximate surface area is 148 Å². The molecule has 5 nitrogen and oxygen atoms in total. The highest BCUT2D eigenvalue weighted by molar-refractivity contribution is 7.18. The standard InChI is InChI=1S/C17H14ClN3O2S/c1-23-13-8-6-12(7-9-13)20-17-21-16(19)15(24-17)14(22)10-2-4-11(18)5-3-10/h2-9H,19H2,1H3,(H,20,21). The van der Waals surface area contributed by atoms with Crippen molar-refractivity contribution in [1.82, 2.24) is 4.98 Å². The Morgan fingerprint density at radius 3 is 2.46 bits per heavy atom. The molecule has 0 saturated heterocycles. The highest BCUT2D eigenvalue weighted by Crippen LogP contribution is 2.30. The second-order valence-corrected chi connectivity index (χ2v) is 6.36. The Morgan fingerprint density at radius 1 is 1.17 bits per heavy atom. The Balaban J connectivity index is 1.81. The van der Waals surface area contributed by atoms with E-state index in [1.165, 1.54) is 11.3 Å². The molecule has 24 heavy (non-hydrogen) atoms. The number of thiazole rings is 1. The van der Waals surface area contributed by atoms with Gasteiger partial charge in [0.15, 0.2) is 5.13 Å². The van der Waals surface area contributed by atoms with E-state index in [1.807, 2.05) is 24.3 Å². The molecule has 0 fully saturated rings. The maximum Gasteiger partial charge on any atom is 0.206 e. The number of halogens is 1. The molecule has 3 aromatic rings. The largest absolute Gasteiger partial charge is 0.497 e. The lowest BCUT2D eigenvalue weighted by Gasteiger charge is -2.03. The molecule has 3 rings (SSSR count). The lowest BCUT2D eigenvalue weighted by atomic mass is 10.1. The second-order valence-electron chi connectivity index (χ2n) is 4.92. The average molecular weight is 360 g/mol. The van der Waals surface area contributed by atoms with Crippen LogP contribution >= 0.6 is 22.9 Å². The minimum Gasteiger partial charge on any atom is -0.497 e. The van der Waals surface area contributed by atoms with Gasteiger partial charge in [0.2, 0.25) is 5.78 Å². The van der Waals surface area contributed by atoms with Gasteiger partial charge in [0, 0.05) is 16.3 Å². The Morgan fingerprint density at radius 2 is 1.83 bits per heavy atom. The molecular formula is C17H14ClN3O2S. The van der Waals surface area contributed by atoms with E-state index in [1.54, 1.807) is 31.4 Å². The lowest BCUT2D eigenvalue weighted by molar-refractivity contribution is 0.104. The summed E-state index contributed by atoms with van der Waals surface area (Å²) in [6.45, 7) is 0. The van der Waals surface area contributed by atoms with Gasteiger partial charge in [-0.15, -0.1) is 0 Å². The molecule has 0 atom stereocenters. The smallest absolute Gasteiger partial charge is 0.206 e. The van der Waals surface area contributed by atoms with Crippen molar-refractivity contribution in [3.8, 4) is 5.75 Å². The Kier molecular flexibility index (Phi) is 4.69. The molecule has 0 unspecified atom stereocenters. The summed E-state index contributed by atoms with van der Waals surface area (Å²) >= 11 is 7.06. The van der Waals surface area contributed by atoms with Gasteiger partial charge in [-0.05, 0) is 48.5 Å². The van der Waals surface area contributed by atoms with Crippen LogP contribution in [-0.4, -0.2) is 17.9 Å². The van der Waals surface area contributed by atoms with Gasteiger partial charge in [-0.1, -0.05) is 22.9 Å². The third-order valence-corrected chi connectivity index (χ3v) is 4.54. The molecule has 0 radical (unpaired) electrons. The Hall–Kier alpha value is -2.57. The van der Waals surface area contributed by atoms with Gasteiger partial charge in [-0.2, -0.15) is 0 Å². The molecule has 0 aliphatic carbocycles. The number of nitrogens with zero attached hydrogens (tertiary/aromatic N) is 1. The predicted molar refractivity (Wildman–Crippen MR) is 97.7 cm³/mol. The van der Waals surface area contributed by atoms with E-state index in [0.29, 0.717) is 20.6 Å². The highest BCUT2D eigenvalue weighted by Gasteiger charge is 2.18.